The van der Waals surface area contributed by atoms with Gasteiger partial charge in [-0.3, -0.25) is 0 Å². The number of nitrogens with zero attached hydrogens (tertiary/aromatic N) is 2. The van der Waals surface area contributed by atoms with Crippen molar-refractivity contribution in [1.29, 1.82) is 0 Å². The number of hydrogen-bond donors (Lipinski definition) is 0. The molecule has 1 aromatic heterocycles. The predicted molar refractivity (Wildman–Crippen MR) is 72.3 cm³/mol. The van der Waals surface area contributed by atoms with Crippen LogP contribution < -0.4 is 9.47 Å². The van der Waals surface area contributed by atoms with Crippen molar-refractivity contribution in [3.63, 3.8) is 0 Å². The maximum atomic E-state index is 5.56. The molecule has 0 aliphatic carbocycles. The lowest BCUT2D eigenvalue weighted by Gasteiger charge is -2.05. The summed E-state index contributed by atoms with van der Waals surface area (Å²) in [5.74, 6) is 2.45. The van der Waals surface area contributed by atoms with Crippen molar-refractivity contribution < 1.29 is 9.47 Å². The number of aryl methyl sites for hydroxylation is 1. The van der Waals surface area contributed by atoms with Gasteiger partial charge in [-0.05, 0) is 24.3 Å². The van der Waals surface area contributed by atoms with Crippen molar-refractivity contribution in [2.75, 3.05) is 6.79 Å². The highest BCUT2D eigenvalue weighted by Gasteiger charge is 2.21. The lowest BCUT2D eigenvalue weighted by Crippen LogP contribution is -1.96. The van der Waals surface area contributed by atoms with Crippen LogP contribution in [0.1, 0.15) is 0 Å². The molecule has 0 amide bonds. The predicted octanol–water partition coefficient (Wildman–Crippen LogP) is 2.97. The molecular weight excluding hydrogens is 240 g/mol. The summed E-state index contributed by atoms with van der Waals surface area (Å²) in [6.07, 6.45) is 0. The van der Waals surface area contributed by atoms with Gasteiger partial charge in [0.25, 0.3) is 0 Å². The zero-order valence-corrected chi connectivity index (χ0v) is 10.5. The minimum Gasteiger partial charge on any atom is -0.454 e. The average Bonchev–Trinajstić information content (AvgIpc) is 3.04. The fourth-order valence-corrected chi connectivity index (χ4v) is 2.49. The van der Waals surface area contributed by atoms with E-state index >= 15 is 0 Å². The molecule has 0 atom stereocenters. The third-order valence-electron chi connectivity index (χ3n) is 3.42. The molecule has 4 rings (SSSR count). The van der Waals surface area contributed by atoms with Crippen LogP contribution >= 0.6 is 0 Å². The number of hydrogen-bond acceptors (Lipinski definition) is 3. The zero-order valence-electron chi connectivity index (χ0n) is 10.5. The van der Waals surface area contributed by atoms with Gasteiger partial charge in [0.05, 0.1) is 16.6 Å². The maximum Gasteiger partial charge on any atom is 0.231 e. The first kappa shape index (κ1) is 10.4. The summed E-state index contributed by atoms with van der Waals surface area (Å²) < 4.78 is 13.1. The number of rotatable bonds is 1. The van der Waals surface area contributed by atoms with Crippen LogP contribution in [0.5, 0.6) is 11.5 Å². The van der Waals surface area contributed by atoms with Crippen LogP contribution in [0.3, 0.4) is 0 Å². The molecule has 0 saturated carbocycles. The van der Waals surface area contributed by atoms with Crippen LogP contribution in [-0.2, 0) is 7.05 Å². The van der Waals surface area contributed by atoms with Gasteiger partial charge < -0.3 is 14.0 Å². The third kappa shape index (κ3) is 1.43. The molecule has 0 unspecified atom stereocenters. The van der Waals surface area contributed by atoms with Crippen LogP contribution in [-0.4, -0.2) is 16.3 Å². The second-order valence-corrected chi connectivity index (χ2v) is 4.52. The Morgan fingerprint density at radius 3 is 2.84 bits per heavy atom. The number of para-hydroxylation sites is 3. The van der Waals surface area contributed by atoms with Crippen molar-refractivity contribution in [1.82, 2.24) is 9.55 Å². The van der Waals surface area contributed by atoms with Crippen molar-refractivity contribution in [2.45, 2.75) is 0 Å². The van der Waals surface area contributed by atoms with E-state index in [-0.39, 0.29) is 6.79 Å². The minimum absolute atomic E-state index is 0.274. The highest BCUT2D eigenvalue weighted by atomic mass is 16.7. The second kappa shape index (κ2) is 3.75. The van der Waals surface area contributed by atoms with E-state index in [1.807, 2.05) is 43.4 Å². The zero-order chi connectivity index (χ0) is 12.8. The van der Waals surface area contributed by atoms with E-state index in [1.54, 1.807) is 0 Å². The first-order valence-corrected chi connectivity index (χ1v) is 6.15. The fourth-order valence-electron chi connectivity index (χ4n) is 2.49. The van der Waals surface area contributed by atoms with Gasteiger partial charge in [-0.15, -0.1) is 0 Å². The molecule has 2 aromatic carbocycles. The van der Waals surface area contributed by atoms with Gasteiger partial charge in [0, 0.05) is 7.05 Å². The van der Waals surface area contributed by atoms with Crippen molar-refractivity contribution in [2.24, 2.45) is 7.05 Å². The topological polar surface area (TPSA) is 36.3 Å². The van der Waals surface area contributed by atoms with Crippen LogP contribution in [0.2, 0.25) is 0 Å². The Morgan fingerprint density at radius 1 is 1.05 bits per heavy atom. The highest BCUT2D eigenvalue weighted by Crippen LogP contribution is 2.41. The molecule has 0 bridgehead atoms. The molecule has 0 saturated heterocycles. The molecule has 3 aromatic rings. The van der Waals surface area contributed by atoms with Gasteiger partial charge in [-0.2, -0.15) is 0 Å². The minimum atomic E-state index is 0.274. The van der Waals surface area contributed by atoms with Crippen molar-refractivity contribution in [3.05, 3.63) is 42.5 Å². The standard InChI is InChI=1S/C15H12N2O2/c1-17-12-7-3-2-6-11(12)16-15(17)10-5-4-8-13-14(10)19-9-18-13/h2-8H,9H2,1H3. The quantitative estimate of drug-likeness (QED) is 0.668. The summed E-state index contributed by atoms with van der Waals surface area (Å²) in [7, 11) is 2.01. The smallest absolute Gasteiger partial charge is 0.231 e. The van der Waals surface area contributed by atoms with E-state index in [2.05, 4.69) is 15.6 Å². The summed E-state index contributed by atoms with van der Waals surface area (Å²) in [5.41, 5.74) is 3.05. The molecule has 19 heavy (non-hydrogen) atoms. The van der Waals surface area contributed by atoms with Gasteiger partial charge in [0.1, 0.15) is 5.82 Å². The van der Waals surface area contributed by atoms with Gasteiger partial charge in [0.15, 0.2) is 11.5 Å². The molecule has 4 heteroatoms. The number of imidazole rings is 1. The first-order chi connectivity index (χ1) is 9.34. The monoisotopic (exact) mass is 252 g/mol. The van der Waals surface area contributed by atoms with E-state index in [1.165, 1.54) is 0 Å². The van der Waals surface area contributed by atoms with Crippen LogP contribution in [0.4, 0.5) is 0 Å². The Kier molecular flexibility index (Phi) is 2.06. The lowest BCUT2D eigenvalue weighted by atomic mass is 10.2. The Bertz CT molecular complexity index is 777. The first-order valence-electron chi connectivity index (χ1n) is 6.15. The SMILES string of the molecule is Cn1c(-c2cccc3c2OCO3)nc2ccccc21. The van der Waals surface area contributed by atoms with Crippen LogP contribution in [0, 0.1) is 0 Å². The normalized spacial score (nSPS) is 13.1. The lowest BCUT2D eigenvalue weighted by molar-refractivity contribution is 0.174. The summed E-state index contributed by atoms with van der Waals surface area (Å²) >= 11 is 0. The van der Waals surface area contributed by atoms with Crippen LogP contribution in [0.15, 0.2) is 42.5 Å². The fraction of sp³-hybridized carbons (Fsp3) is 0.133. The molecule has 94 valence electrons. The summed E-state index contributed by atoms with van der Waals surface area (Å²) in [4.78, 5) is 4.69. The molecule has 1 aliphatic rings. The highest BCUT2D eigenvalue weighted by molar-refractivity contribution is 5.82. The van der Waals surface area contributed by atoms with Gasteiger partial charge in [-0.25, -0.2) is 4.98 Å². The largest absolute Gasteiger partial charge is 0.454 e. The van der Waals surface area contributed by atoms with Crippen LogP contribution in [0.25, 0.3) is 22.4 Å². The Balaban J connectivity index is 2.01. The molecule has 4 nitrogen and oxygen atoms in total. The van der Waals surface area contributed by atoms with E-state index in [4.69, 9.17) is 9.47 Å². The Labute approximate surface area is 110 Å². The molecular formula is C15H12N2O2. The number of ether oxygens (including phenoxy) is 2. The second-order valence-electron chi connectivity index (χ2n) is 4.52. The molecule has 0 N–H and O–H groups in total. The Hall–Kier alpha value is -2.49. The summed E-state index contributed by atoms with van der Waals surface area (Å²) in [6.45, 7) is 0.274. The number of benzene rings is 2. The van der Waals surface area contributed by atoms with Crippen molar-refractivity contribution >= 4 is 11.0 Å². The van der Waals surface area contributed by atoms with Gasteiger partial charge >= 0.3 is 0 Å². The van der Waals surface area contributed by atoms with E-state index < -0.39 is 0 Å². The average molecular weight is 252 g/mol. The summed E-state index contributed by atoms with van der Waals surface area (Å²) in [5, 5.41) is 0. The van der Waals surface area contributed by atoms with E-state index in [9.17, 15) is 0 Å². The molecule has 0 fully saturated rings. The third-order valence-corrected chi connectivity index (χ3v) is 3.42. The number of aromatic nitrogens is 2. The molecule has 0 radical (unpaired) electrons. The molecule has 2 heterocycles. The molecule has 0 spiro atoms. The van der Waals surface area contributed by atoms with Gasteiger partial charge in [-0.1, -0.05) is 18.2 Å². The van der Waals surface area contributed by atoms with E-state index in [0.29, 0.717) is 0 Å². The van der Waals surface area contributed by atoms with Crippen molar-refractivity contribution in [3.8, 4) is 22.9 Å². The molecule has 1 aliphatic heterocycles. The maximum absolute atomic E-state index is 5.56. The Morgan fingerprint density at radius 2 is 1.95 bits per heavy atom. The van der Waals surface area contributed by atoms with Gasteiger partial charge in [0.2, 0.25) is 6.79 Å². The number of fused-ring (bicyclic) bond motifs is 2. The summed E-state index contributed by atoms with van der Waals surface area (Å²) in [6, 6.07) is 14.0. The van der Waals surface area contributed by atoms with E-state index in [0.717, 1.165) is 33.9 Å².